The van der Waals surface area contributed by atoms with E-state index in [1.165, 1.54) is 0 Å². The average Bonchev–Trinajstić information content (AvgIpc) is 2.33. The highest BCUT2D eigenvalue weighted by atomic mass is 19.3. The van der Waals surface area contributed by atoms with Crippen LogP contribution in [0.15, 0.2) is 6.07 Å². The summed E-state index contributed by atoms with van der Waals surface area (Å²) in [6, 6.07) is 1.93. The molecule has 1 aromatic rings. The van der Waals surface area contributed by atoms with E-state index in [4.69, 9.17) is 4.74 Å². The molecule has 0 aliphatic heterocycles. The number of halogens is 2. The van der Waals surface area contributed by atoms with Crippen LogP contribution in [0.5, 0.6) is 0 Å². The minimum absolute atomic E-state index is 0.215. The van der Waals surface area contributed by atoms with Crippen molar-refractivity contribution in [1.82, 2.24) is 15.3 Å². The summed E-state index contributed by atoms with van der Waals surface area (Å²) in [5.41, 5.74) is 1.80. The third-order valence-corrected chi connectivity index (χ3v) is 2.53. The van der Waals surface area contributed by atoms with Crippen LogP contribution in [0.1, 0.15) is 31.1 Å². The van der Waals surface area contributed by atoms with Crippen molar-refractivity contribution in [3.05, 3.63) is 23.3 Å². The second kappa shape index (κ2) is 8.92. The van der Waals surface area contributed by atoms with E-state index in [2.05, 4.69) is 29.1 Å². The maximum Gasteiger partial charge on any atom is 0.261 e. The van der Waals surface area contributed by atoms with Gasteiger partial charge in [-0.3, -0.25) is 0 Å². The first-order chi connectivity index (χ1) is 9.47. The maximum atomic E-state index is 11.9. The molecule has 20 heavy (non-hydrogen) atoms. The summed E-state index contributed by atoms with van der Waals surface area (Å²) < 4.78 is 28.7. The van der Waals surface area contributed by atoms with Gasteiger partial charge in [-0.1, -0.05) is 13.8 Å². The molecule has 1 N–H and O–H groups in total. The zero-order chi connectivity index (χ0) is 15.0. The molecule has 6 heteroatoms. The van der Waals surface area contributed by atoms with Crippen LogP contribution in [-0.2, 0) is 17.7 Å². The molecule has 1 rings (SSSR count). The Labute approximate surface area is 119 Å². The Morgan fingerprint density at radius 1 is 1.30 bits per heavy atom. The number of aromatic nitrogens is 2. The first kappa shape index (κ1) is 16.9. The van der Waals surface area contributed by atoms with E-state index in [-0.39, 0.29) is 6.61 Å². The summed E-state index contributed by atoms with van der Waals surface area (Å²) in [6.45, 7) is 7.48. The van der Waals surface area contributed by atoms with Crippen LogP contribution in [0.3, 0.4) is 0 Å². The largest absolute Gasteiger partial charge is 0.375 e. The van der Waals surface area contributed by atoms with Gasteiger partial charge in [0, 0.05) is 18.7 Å². The zero-order valence-corrected chi connectivity index (χ0v) is 12.3. The van der Waals surface area contributed by atoms with E-state index < -0.39 is 13.0 Å². The molecule has 0 bridgehead atoms. The van der Waals surface area contributed by atoms with Crippen molar-refractivity contribution < 1.29 is 13.5 Å². The molecule has 0 atom stereocenters. The van der Waals surface area contributed by atoms with Gasteiger partial charge in [-0.2, -0.15) is 0 Å². The lowest BCUT2D eigenvalue weighted by Gasteiger charge is -2.09. The molecule has 0 unspecified atom stereocenters. The first-order valence-electron chi connectivity index (χ1n) is 6.87. The Morgan fingerprint density at radius 2 is 2.05 bits per heavy atom. The summed E-state index contributed by atoms with van der Waals surface area (Å²) in [7, 11) is 0. The van der Waals surface area contributed by atoms with E-state index >= 15 is 0 Å². The van der Waals surface area contributed by atoms with Gasteiger partial charge in [0.2, 0.25) is 0 Å². The molecule has 4 nitrogen and oxygen atoms in total. The highest BCUT2D eigenvalue weighted by molar-refractivity contribution is 5.10. The van der Waals surface area contributed by atoms with E-state index in [0.717, 1.165) is 17.9 Å². The van der Waals surface area contributed by atoms with Gasteiger partial charge in [0.15, 0.2) is 0 Å². The normalized spacial score (nSPS) is 11.6. The number of nitrogens with zero attached hydrogens (tertiary/aromatic N) is 2. The number of ether oxygens (including phenoxy) is 1. The molecule has 0 saturated carbocycles. The van der Waals surface area contributed by atoms with Crippen LogP contribution >= 0.6 is 0 Å². The minimum Gasteiger partial charge on any atom is -0.375 e. The fourth-order valence-electron chi connectivity index (χ4n) is 1.73. The molecule has 0 aliphatic carbocycles. The van der Waals surface area contributed by atoms with Gasteiger partial charge in [0.05, 0.1) is 12.3 Å². The Bertz CT molecular complexity index is 400. The van der Waals surface area contributed by atoms with Crippen LogP contribution in [0.4, 0.5) is 8.78 Å². The van der Waals surface area contributed by atoms with Crippen LogP contribution in [0.2, 0.25) is 0 Å². The summed E-state index contributed by atoms with van der Waals surface area (Å²) >= 11 is 0. The second-order valence-electron chi connectivity index (χ2n) is 5.16. The summed E-state index contributed by atoms with van der Waals surface area (Å²) in [5, 5.41) is 3.32. The van der Waals surface area contributed by atoms with Gasteiger partial charge in [-0.15, -0.1) is 0 Å². The van der Waals surface area contributed by atoms with E-state index in [9.17, 15) is 8.78 Å². The van der Waals surface area contributed by atoms with Crippen molar-refractivity contribution in [1.29, 1.82) is 0 Å². The summed E-state index contributed by atoms with van der Waals surface area (Å²) in [4.78, 5) is 8.69. The standard InChI is InChI=1S/C14H23F2N3O/c1-10(2)7-17-8-12-6-11(3)18-14(19-12)4-5-20-9-13(15)16/h6,10,13,17H,4-5,7-9H2,1-3H3. The quantitative estimate of drug-likeness (QED) is 0.708. The molecule has 1 aromatic heterocycles. The zero-order valence-electron chi connectivity index (χ0n) is 12.3. The predicted molar refractivity (Wildman–Crippen MR) is 73.8 cm³/mol. The summed E-state index contributed by atoms with van der Waals surface area (Å²) in [6.07, 6.45) is -1.98. The molecular weight excluding hydrogens is 264 g/mol. The molecule has 0 fully saturated rings. The van der Waals surface area contributed by atoms with E-state index in [0.29, 0.717) is 24.7 Å². The molecule has 0 aliphatic rings. The Hall–Kier alpha value is -1.14. The molecule has 0 aromatic carbocycles. The molecule has 0 saturated heterocycles. The van der Waals surface area contributed by atoms with Crippen LogP contribution in [0, 0.1) is 12.8 Å². The molecule has 0 spiro atoms. The fraction of sp³-hybridized carbons (Fsp3) is 0.714. The lowest BCUT2D eigenvalue weighted by Crippen LogP contribution is -2.20. The topological polar surface area (TPSA) is 47.0 Å². The fourth-order valence-corrected chi connectivity index (χ4v) is 1.73. The van der Waals surface area contributed by atoms with Crippen molar-refractivity contribution in [3.63, 3.8) is 0 Å². The number of rotatable bonds is 9. The number of hydrogen-bond acceptors (Lipinski definition) is 4. The third-order valence-electron chi connectivity index (χ3n) is 2.53. The van der Waals surface area contributed by atoms with E-state index in [1.807, 2.05) is 13.0 Å². The van der Waals surface area contributed by atoms with Crippen molar-refractivity contribution >= 4 is 0 Å². The molecule has 0 radical (unpaired) electrons. The second-order valence-corrected chi connectivity index (χ2v) is 5.16. The van der Waals surface area contributed by atoms with Crippen molar-refractivity contribution in [2.24, 2.45) is 5.92 Å². The van der Waals surface area contributed by atoms with Gasteiger partial charge >= 0.3 is 0 Å². The van der Waals surface area contributed by atoms with Gasteiger partial charge in [-0.05, 0) is 25.5 Å². The number of alkyl halides is 2. The Kier molecular flexibility index (Phi) is 7.54. The lowest BCUT2D eigenvalue weighted by atomic mass is 10.2. The van der Waals surface area contributed by atoms with Gasteiger partial charge in [0.1, 0.15) is 12.4 Å². The Morgan fingerprint density at radius 3 is 2.70 bits per heavy atom. The SMILES string of the molecule is Cc1cc(CNCC(C)C)nc(CCOCC(F)F)n1. The average molecular weight is 287 g/mol. The first-order valence-corrected chi connectivity index (χ1v) is 6.87. The van der Waals surface area contributed by atoms with Crippen LogP contribution in [-0.4, -0.2) is 36.2 Å². The van der Waals surface area contributed by atoms with E-state index in [1.54, 1.807) is 0 Å². The number of nitrogens with one attached hydrogen (secondary N) is 1. The molecule has 0 amide bonds. The number of hydrogen-bond donors (Lipinski definition) is 1. The molecule has 114 valence electrons. The van der Waals surface area contributed by atoms with Gasteiger partial charge in [0.25, 0.3) is 6.43 Å². The maximum absolute atomic E-state index is 11.9. The molecular formula is C14H23F2N3O. The van der Waals surface area contributed by atoms with Crippen LogP contribution in [0.25, 0.3) is 0 Å². The highest BCUT2D eigenvalue weighted by Gasteiger charge is 2.05. The van der Waals surface area contributed by atoms with Gasteiger partial charge < -0.3 is 10.1 Å². The Balaban J connectivity index is 2.44. The number of aryl methyl sites for hydroxylation is 1. The van der Waals surface area contributed by atoms with Crippen molar-refractivity contribution in [2.45, 2.75) is 40.2 Å². The summed E-state index contributed by atoms with van der Waals surface area (Å²) in [5.74, 6) is 1.22. The molecule has 1 heterocycles. The van der Waals surface area contributed by atoms with Crippen molar-refractivity contribution in [3.8, 4) is 0 Å². The van der Waals surface area contributed by atoms with Crippen molar-refractivity contribution in [2.75, 3.05) is 19.8 Å². The highest BCUT2D eigenvalue weighted by Crippen LogP contribution is 2.03. The van der Waals surface area contributed by atoms with Crippen LogP contribution < -0.4 is 5.32 Å². The minimum atomic E-state index is -2.43. The smallest absolute Gasteiger partial charge is 0.261 e. The predicted octanol–water partition coefficient (Wildman–Crippen LogP) is 2.35. The lowest BCUT2D eigenvalue weighted by molar-refractivity contribution is 0.0182. The third kappa shape index (κ3) is 7.45. The monoisotopic (exact) mass is 287 g/mol. The van der Waals surface area contributed by atoms with Gasteiger partial charge in [-0.25, -0.2) is 18.7 Å².